The first-order valence-electron chi connectivity index (χ1n) is 11.9. The van der Waals surface area contributed by atoms with E-state index in [-0.39, 0.29) is 11.4 Å². The summed E-state index contributed by atoms with van der Waals surface area (Å²) in [4.78, 5) is 0.286. The SMILES string of the molecule is C=CCOc1cc(CNCC2CCNC2)cc(CNS(=O)(=O)c2ccc(CCCC)cc2)c1. The molecule has 2 aromatic rings. The van der Waals surface area contributed by atoms with E-state index in [1.54, 1.807) is 18.2 Å². The second-order valence-electron chi connectivity index (χ2n) is 8.65. The van der Waals surface area contributed by atoms with Gasteiger partial charge in [-0.1, -0.05) is 44.2 Å². The van der Waals surface area contributed by atoms with Crippen molar-refractivity contribution >= 4 is 10.0 Å². The average molecular weight is 472 g/mol. The Morgan fingerprint density at radius 2 is 1.88 bits per heavy atom. The van der Waals surface area contributed by atoms with E-state index in [9.17, 15) is 8.42 Å². The van der Waals surface area contributed by atoms with E-state index in [2.05, 4.69) is 28.9 Å². The first-order valence-corrected chi connectivity index (χ1v) is 13.3. The number of nitrogens with one attached hydrogen (secondary N) is 3. The van der Waals surface area contributed by atoms with Crippen LogP contribution >= 0.6 is 0 Å². The van der Waals surface area contributed by atoms with Crippen LogP contribution in [0.3, 0.4) is 0 Å². The van der Waals surface area contributed by atoms with Gasteiger partial charge in [0.05, 0.1) is 4.90 Å². The van der Waals surface area contributed by atoms with Crippen molar-refractivity contribution in [2.45, 2.75) is 50.6 Å². The topological polar surface area (TPSA) is 79.5 Å². The Morgan fingerprint density at radius 1 is 1.12 bits per heavy atom. The minimum absolute atomic E-state index is 0.199. The molecular weight excluding hydrogens is 434 g/mol. The highest BCUT2D eigenvalue weighted by molar-refractivity contribution is 7.89. The second kappa shape index (κ2) is 12.9. The number of aryl methyl sites for hydroxylation is 1. The Balaban J connectivity index is 1.64. The molecule has 0 bridgehead atoms. The van der Waals surface area contributed by atoms with Crippen LogP contribution in [-0.4, -0.2) is 34.7 Å². The molecule has 3 N–H and O–H groups in total. The van der Waals surface area contributed by atoms with E-state index in [4.69, 9.17) is 4.74 Å². The van der Waals surface area contributed by atoms with Gasteiger partial charge in [-0.3, -0.25) is 0 Å². The van der Waals surface area contributed by atoms with Gasteiger partial charge in [-0.05, 0) is 85.8 Å². The number of benzene rings is 2. The molecule has 1 aliphatic rings. The third-order valence-electron chi connectivity index (χ3n) is 5.84. The minimum Gasteiger partial charge on any atom is -0.490 e. The van der Waals surface area contributed by atoms with E-state index in [0.29, 0.717) is 24.8 Å². The zero-order chi connectivity index (χ0) is 23.5. The molecule has 1 unspecified atom stereocenters. The van der Waals surface area contributed by atoms with Crippen LogP contribution in [0.4, 0.5) is 0 Å². The fourth-order valence-corrected chi connectivity index (χ4v) is 4.98. The molecule has 180 valence electrons. The highest BCUT2D eigenvalue weighted by Crippen LogP contribution is 2.19. The zero-order valence-corrected chi connectivity index (χ0v) is 20.4. The van der Waals surface area contributed by atoms with Crippen molar-refractivity contribution in [2.75, 3.05) is 26.2 Å². The van der Waals surface area contributed by atoms with Crippen molar-refractivity contribution in [3.63, 3.8) is 0 Å². The maximum atomic E-state index is 12.8. The van der Waals surface area contributed by atoms with Gasteiger partial charge in [-0.25, -0.2) is 13.1 Å². The number of hydrogen-bond donors (Lipinski definition) is 3. The van der Waals surface area contributed by atoms with Crippen molar-refractivity contribution in [1.29, 1.82) is 0 Å². The van der Waals surface area contributed by atoms with Crippen LogP contribution in [0.2, 0.25) is 0 Å². The highest BCUT2D eigenvalue weighted by Gasteiger charge is 2.15. The van der Waals surface area contributed by atoms with Gasteiger partial charge >= 0.3 is 0 Å². The Bertz CT molecular complexity index is 984. The zero-order valence-electron chi connectivity index (χ0n) is 19.6. The van der Waals surface area contributed by atoms with Gasteiger partial charge in [0.15, 0.2) is 0 Å². The van der Waals surface area contributed by atoms with Crippen LogP contribution in [0.5, 0.6) is 5.75 Å². The summed E-state index contributed by atoms with van der Waals surface area (Å²) in [6.07, 6.45) is 6.08. The summed E-state index contributed by atoms with van der Waals surface area (Å²) in [6, 6.07) is 13.1. The predicted octanol–water partition coefficient (Wildman–Crippen LogP) is 3.77. The molecule has 1 atom stereocenters. The van der Waals surface area contributed by atoms with Gasteiger partial charge < -0.3 is 15.4 Å². The maximum absolute atomic E-state index is 12.8. The van der Waals surface area contributed by atoms with Crippen molar-refractivity contribution in [3.8, 4) is 5.75 Å². The van der Waals surface area contributed by atoms with Crippen LogP contribution in [0.25, 0.3) is 0 Å². The summed E-state index contributed by atoms with van der Waals surface area (Å²) in [5.41, 5.74) is 3.09. The van der Waals surface area contributed by atoms with Crippen LogP contribution in [0, 0.1) is 5.92 Å². The van der Waals surface area contributed by atoms with Crippen LogP contribution in [-0.2, 0) is 29.5 Å². The predicted molar refractivity (Wildman–Crippen MR) is 134 cm³/mol. The van der Waals surface area contributed by atoms with Gasteiger partial charge in [-0.2, -0.15) is 0 Å². The molecule has 0 radical (unpaired) electrons. The lowest BCUT2D eigenvalue weighted by Crippen LogP contribution is -2.25. The lowest BCUT2D eigenvalue weighted by atomic mass is 10.1. The molecule has 33 heavy (non-hydrogen) atoms. The number of rotatable bonds is 14. The molecule has 2 aromatic carbocycles. The third kappa shape index (κ3) is 8.27. The number of sulfonamides is 1. The molecule has 3 rings (SSSR count). The van der Waals surface area contributed by atoms with Crippen molar-refractivity contribution in [1.82, 2.24) is 15.4 Å². The second-order valence-corrected chi connectivity index (χ2v) is 10.4. The Morgan fingerprint density at radius 3 is 2.55 bits per heavy atom. The van der Waals surface area contributed by atoms with Gasteiger partial charge in [-0.15, -0.1) is 0 Å². The number of ether oxygens (including phenoxy) is 1. The Labute approximate surface area is 198 Å². The summed E-state index contributed by atoms with van der Waals surface area (Å²) in [6.45, 7) is 10.3. The lowest BCUT2D eigenvalue weighted by Gasteiger charge is -2.14. The van der Waals surface area contributed by atoms with E-state index in [0.717, 1.165) is 55.6 Å². The van der Waals surface area contributed by atoms with Crippen molar-refractivity contribution in [2.24, 2.45) is 5.92 Å². The quantitative estimate of drug-likeness (QED) is 0.366. The van der Waals surface area contributed by atoms with Gasteiger partial charge in [0, 0.05) is 13.1 Å². The minimum atomic E-state index is -3.60. The van der Waals surface area contributed by atoms with Gasteiger partial charge in [0.2, 0.25) is 10.0 Å². The normalized spacial score (nSPS) is 16.1. The third-order valence-corrected chi connectivity index (χ3v) is 7.25. The molecule has 1 heterocycles. The monoisotopic (exact) mass is 471 g/mol. The number of unbranched alkanes of at least 4 members (excludes halogenated alkanes) is 1. The molecular formula is C26H37N3O3S. The molecule has 0 aromatic heterocycles. The summed E-state index contributed by atoms with van der Waals surface area (Å²) in [7, 11) is -3.60. The maximum Gasteiger partial charge on any atom is 0.240 e. The first-order chi connectivity index (χ1) is 16.0. The molecule has 0 amide bonds. The Kier molecular flexibility index (Phi) is 9.94. The molecule has 7 heteroatoms. The molecule has 1 fully saturated rings. The summed E-state index contributed by atoms with van der Waals surface area (Å²) < 4.78 is 34.1. The van der Waals surface area contributed by atoms with Crippen LogP contribution < -0.4 is 20.1 Å². The van der Waals surface area contributed by atoms with Crippen molar-refractivity contribution < 1.29 is 13.2 Å². The fraction of sp³-hybridized carbons (Fsp3) is 0.462. The highest BCUT2D eigenvalue weighted by atomic mass is 32.2. The molecule has 0 spiro atoms. The lowest BCUT2D eigenvalue weighted by molar-refractivity contribution is 0.362. The van der Waals surface area contributed by atoms with E-state index < -0.39 is 10.0 Å². The van der Waals surface area contributed by atoms with Gasteiger partial charge in [0.25, 0.3) is 0 Å². The molecule has 1 aliphatic heterocycles. The number of hydrogen-bond acceptors (Lipinski definition) is 5. The molecule has 0 aliphatic carbocycles. The molecule has 6 nitrogen and oxygen atoms in total. The van der Waals surface area contributed by atoms with E-state index in [1.165, 1.54) is 6.42 Å². The fourth-order valence-electron chi connectivity index (χ4n) is 3.96. The summed E-state index contributed by atoms with van der Waals surface area (Å²) in [5.74, 6) is 1.37. The summed E-state index contributed by atoms with van der Waals surface area (Å²) >= 11 is 0. The molecule has 1 saturated heterocycles. The largest absolute Gasteiger partial charge is 0.490 e. The van der Waals surface area contributed by atoms with Gasteiger partial charge in [0.1, 0.15) is 12.4 Å². The summed E-state index contributed by atoms with van der Waals surface area (Å²) in [5, 5.41) is 6.90. The smallest absolute Gasteiger partial charge is 0.240 e. The average Bonchev–Trinajstić information content (AvgIpc) is 3.34. The first kappa shape index (κ1) is 25.4. The van der Waals surface area contributed by atoms with Crippen LogP contribution in [0.1, 0.15) is 42.9 Å². The standard InChI is InChI=1S/C26H37N3O3S/c1-3-5-6-21-7-9-26(10-8-21)33(30,31)29-20-24-14-23(15-25(16-24)32-13-4-2)19-28-18-22-11-12-27-17-22/h4,7-10,14-16,22,27-29H,2-3,5-6,11-13,17-20H2,1H3. The van der Waals surface area contributed by atoms with E-state index >= 15 is 0 Å². The Hall–Kier alpha value is -2.19. The van der Waals surface area contributed by atoms with E-state index in [1.807, 2.05) is 30.3 Å². The van der Waals surface area contributed by atoms with Crippen LogP contribution in [0.15, 0.2) is 60.0 Å². The molecule has 0 saturated carbocycles. The van der Waals surface area contributed by atoms with Crippen molar-refractivity contribution in [3.05, 3.63) is 71.8 Å².